The number of hydrogen-bond acceptors (Lipinski definition) is 4. The maximum Gasteiger partial charge on any atom is 0.339 e. The van der Waals surface area contributed by atoms with Crippen molar-refractivity contribution in [3.8, 4) is 0 Å². The molecule has 0 bridgehead atoms. The minimum Gasteiger partial charge on any atom is -0.444 e. The highest BCUT2D eigenvalue weighted by molar-refractivity contribution is 5.92. The third-order valence-corrected chi connectivity index (χ3v) is 4.71. The summed E-state index contributed by atoms with van der Waals surface area (Å²) in [6, 6.07) is 10.7. The standard InChI is InChI=1S/C21H24N2O3/c1-15-7-9-17(10-8-15)21(25)26-19(16-11-13-22-14-12-16)20(24)23-18-5-3-2-4-6-18/h7-14,18-19H,2-6H2,1H3,(H,23,24). The molecule has 3 rings (SSSR count). The van der Waals surface area contributed by atoms with Gasteiger partial charge in [0.15, 0.2) is 0 Å². The molecule has 1 amide bonds. The Morgan fingerprint density at radius 3 is 2.35 bits per heavy atom. The number of carbonyl (C=O) groups is 2. The molecular weight excluding hydrogens is 328 g/mol. The lowest BCUT2D eigenvalue weighted by Crippen LogP contribution is -2.40. The van der Waals surface area contributed by atoms with Crippen LogP contribution in [-0.2, 0) is 9.53 Å². The van der Waals surface area contributed by atoms with Crippen molar-refractivity contribution in [3.05, 3.63) is 65.5 Å². The number of ether oxygens (including phenoxy) is 1. The fourth-order valence-corrected chi connectivity index (χ4v) is 3.20. The topological polar surface area (TPSA) is 68.3 Å². The van der Waals surface area contributed by atoms with E-state index in [9.17, 15) is 9.59 Å². The summed E-state index contributed by atoms with van der Waals surface area (Å²) in [6.45, 7) is 1.95. The van der Waals surface area contributed by atoms with Crippen LogP contribution in [-0.4, -0.2) is 22.9 Å². The summed E-state index contributed by atoms with van der Waals surface area (Å²) in [5.74, 6) is -0.783. The molecule has 1 fully saturated rings. The number of carbonyl (C=O) groups excluding carboxylic acids is 2. The van der Waals surface area contributed by atoms with Crippen LogP contribution in [0.1, 0.15) is 59.7 Å². The van der Waals surface area contributed by atoms with E-state index >= 15 is 0 Å². The molecule has 0 aliphatic heterocycles. The lowest BCUT2D eigenvalue weighted by atomic mass is 9.95. The molecule has 136 valence electrons. The molecule has 5 nitrogen and oxygen atoms in total. The average Bonchev–Trinajstić information content (AvgIpc) is 2.68. The van der Waals surface area contributed by atoms with E-state index < -0.39 is 12.1 Å². The Kier molecular flexibility index (Phi) is 6.00. The Hall–Kier alpha value is -2.69. The molecule has 2 aromatic rings. The van der Waals surface area contributed by atoms with Crippen LogP contribution in [0, 0.1) is 6.92 Å². The van der Waals surface area contributed by atoms with Crippen molar-refractivity contribution in [1.29, 1.82) is 0 Å². The minimum atomic E-state index is -0.978. The molecule has 1 heterocycles. The molecule has 1 N–H and O–H groups in total. The van der Waals surface area contributed by atoms with Gasteiger partial charge >= 0.3 is 5.97 Å². The first-order valence-electron chi connectivity index (χ1n) is 9.11. The SMILES string of the molecule is Cc1ccc(C(=O)OC(C(=O)NC2CCCCC2)c2ccncc2)cc1. The number of aromatic nitrogens is 1. The fraction of sp³-hybridized carbons (Fsp3) is 0.381. The predicted octanol–water partition coefficient (Wildman–Crippen LogP) is 3.74. The van der Waals surface area contributed by atoms with Crippen molar-refractivity contribution in [2.45, 2.75) is 51.2 Å². The molecule has 1 saturated carbocycles. The Labute approximate surface area is 153 Å². The van der Waals surface area contributed by atoms with Gasteiger partial charge in [-0.25, -0.2) is 4.79 Å². The highest BCUT2D eigenvalue weighted by atomic mass is 16.5. The fourth-order valence-electron chi connectivity index (χ4n) is 3.20. The zero-order valence-corrected chi connectivity index (χ0v) is 15.0. The van der Waals surface area contributed by atoms with Crippen LogP contribution in [0.4, 0.5) is 0 Å². The van der Waals surface area contributed by atoms with Gasteiger partial charge in [0.05, 0.1) is 5.56 Å². The maximum absolute atomic E-state index is 12.8. The number of aryl methyl sites for hydroxylation is 1. The van der Waals surface area contributed by atoms with E-state index in [1.165, 1.54) is 6.42 Å². The lowest BCUT2D eigenvalue weighted by Gasteiger charge is -2.25. The van der Waals surface area contributed by atoms with Crippen LogP contribution in [0.5, 0.6) is 0 Å². The third kappa shape index (κ3) is 4.69. The molecule has 0 spiro atoms. The number of esters is 1. The molecule has 1 aliphatic carbocycles. The molecule has 5 heteroatoms. The number of amides is 1. The predicted molar refractivity (Wildman–Crippen MR) is 98.6 cm³/mol. The largest absolute Gasteiger partial charge is 0.444 e. The number of hydrogen-bond donors (Lipinski definition) is 1. The van der Waals surface area contributed by atoms with Crippen molar-refractivity contribution >= 4 is 11.9 Å². The summed E-state index contributed by atoms with van der Waals surface area (Å²) < 4.78 is 5.59. The van der Waals surface area contributed by atoms with Gasteiger partial charge in [-0.2, -0.15) is 0 Å². The number of pyridine rings is 1. The van der Waals surface area contributed by atoms with Gasteiger partial charge in [-0.15, -0.1) is 0 Å². The van der Waals surface area contributed by atoms with Crippen molar-refractivity contribution in [3.63, 3.8) is 0 Å². The van der Waals surface area contributed by atoms with Crippen molar-refractivity contribution in [1.82, 2.24) is 10.3 Å². The zero-order valence-electron chi connectivity index (χ0n) is 15.0. The lowest BCUT2D eigenvalue weighted by molar-refractivity contribution is -0.131. The number of nitrogens with one attached hydrogen (secondary N) is 1. The van der Waals surface area contributed by atoms with E-state index in [0.29, 0.717) is 11.1 Å². The van der Waals surface area contributed by atoms with Crippen LogP contribution in [0.15, 0.2) is 48.8 Å². The number of nitrogens with zero attached hydrogens (tertiary/aromatic N) is 1. The van der Waals surface area contributed by atoms with E-state index in [1.807, 2.05) is 19.1 Å². The van der Waals surface area contributed by atoms with Crippen LogP contribution in [0.3, 0.4) is 0 Å². The average molecular weight is 352 g/mol. The second-order valence-electron chi connectivity index (χ2n) is 6.78. The Bertz CT molecular complexity index is 738. The van der Waals surface area contributed by atoms with E-state index in [-0.39, 0.29) is 11.9 Å². The molecule has 1 atom stereocenters. The summed E-state index contributed by atoms with van der Waals surface area (Å²) in [7, 11) is 0. The van der Waals surface area contributed by atoms with Gasteiger partial charge in [-0.05, 0) is 44.0 Å². The van der Waals surface area contributed by atoms with E-state index in [1.54, 1.807) is 36.7 Å². The van der Waals surface area contributed by atoms with Crippen LogP contribution >= 0.6 is 0 Å². The van der Waals surface area contributed by atoms with Crippen LogP contribution < -0.4 is 5.32 Å². The van der Waals surface area contributed by atoms with Gasteiger partial charge < -0.3 is 10.1 Å². The monoisotopic (exact) mass is 352 g/mol. The molecular formula is C21H24N2O3. The Balaban J connectivity index is 1.75. The van der Waals surface area contributed by atoms with Gasteiger partial charge in [0, 0.05) is 24.0 Å². The normalized spacial score (nSPS) is 15.9. The molecule has 0 saturated heterocycles. The highest BCUT2D eigenvalue weighted by Crippen LogP contribution is 2.22. The maximum atomic E-state index is 12.8. The van der Waals surface area contributed by atoms with Crippen LogP contribution in [0.25, 0.3) is 0 Å². The summed E-state index contributed by atoms with van der Waals surface area (Å²) in [4.78, 5) is 29.3. The summed E-state index contributed by atoms with van der Waals surface area (Å²) in [5.41, 5.74) is 2.11. The molecule has 26 heavy (non-hydrogen) atoms. The van der Waals surface area contributed by atoms with Gasteiger partial charge in [-0.3, -0.25) is 9.78 Å². The molecule has 1 aliphatic rings. The van der Waals surface area contributed by atoms with Gasteiger partial charge in [0.25, 0.3) is 5.91 Å². The Morgan fingerprint density at radius 1 is 1.04 bits per heavy atom. The van der Waals surface area contributed by atoms with Gasteiger partial charge in [0.1, 0.15) is 0 Å². The smallest absolute Gasteiger partial charge is 0.339 e. The second kappa shape index (κ2) is 8.61. The summed E-state index contributed by atoms with van der Waals surface area (Å²) >= 11 is 0. The second-order valence-corrected chi connectivity index (χ2v) is 6.78. The van der Waals surface area contributed by atoms with Gasteiger partial charge in [0.2, 0.25) is 6.10 Å². The minimum absolute atomic E-state index is 0.152. The molecule has 1 unspecified atom stereocenters. The highest BCUT2D eigenvalue weighted by Gasteiger charge is 2.28. The molecule has 1 aromatic heterocycles. The first kappa shape index (κ1) is 18.1. The zero-order chi connectivity index (χ0) is 18.4. The van der Waals surface area contributed by atoms with Gasteiger partial charge in [-0.1, -0.05) is 37.0 Å². The summed E-state index contributed by atoms with van der Waals surface area (Å²) in [6.07, 6.45) is 7.60. The molecule has 0 radical (unpaired) electrons. The van der Waals surface area contributed by atoms with E-state index in [4.69, 9.17) is 4.74 Å². The molecule has 1 aromatic carbocycles. The quantitative estimate of drug-likeness (QED) is 0.833. The van der Waals surface area contributed by atoms with Crippen molar-refractivity contribution in [2.75, 3.05) is 0 Å². The van der Waals surface area contributed by atoms with E-state index in [2.05, 4.69) is 10.3 Å². The number of benzene rings is 1. The summed E-state index contributed by atoms with van der Waals surface area (Å²) in [5, 5.41) is 3.05. The number of rotatable bonds is 5. The Morgan fingerprint density at radius 2 is 1.69 bits per heavy atom. The van der Waals surface area contributed by atoms with Crippen molar-refractivity contribution < 1.29 is 14.3 Å². The van der Waals surface area contributed by atoms with Crippen LogP contribution in [0.2, 0.25) is 0 Å². The third-order valence-electron chi connectivity index (χ3n) is 4.71. The first-order valence-corrected chi connectivity index (χ1v) is 9.11. The van der Waals surface area contributed by atoms with E-state index in [0.717, 1.165) is 31.2 Å². The first-order chi connectivity index (χ1) is 12.6. The van der Waals surface area contributed by atoms with Crippen molar-refractivity contribution in [2.24, 2.45) is 0 Å².